The van der Waals surface area contributed by atoms with E-state index in [2.05, 4.69) is 49.4 Å². The van der Waals surface area contributed by atoms with Crippen LogP contribution in [0.4, 0.5) is 5.82 Å². The Morgan fingerprint density at radius 2 is 2.08 bits per heavy atom. The monoisotopic (exact) mass is 325 g/mol. The van der Waals surface area contributed by atoms with Crippen LogP contribution < -0.4 is 10.2 Å². The molecule has 0 bridgehead atoms. The first-order chi connectivity index (χ1) is 11.8. The normalized spacial score (nSPS) is 18.4. The van der Waals surface area contributed by atoms with Crippen LogP contribution in [0.5, 0.6) is 0 Å². The van der Waals surface area contributed by atoms with E-state index in [1.54, 1.807) is 25.6 Å². The number of aromatic nitrogens is 2. The first kappa shape index (κ1) is 16.4. The van der Waals surface area contributed by atoms with Gasteiger partial charge in [0.1, 0.15) is 11.9 Å². The number of likely N-dealkylation sites (N-methyl/N-ethyl adjacent to an activating group) is 1. The lowest BCUT2D eigenvalue weighted by Crippen LogP contribution is -2.59. The van der Waals surface area contributed by atoms with Crippen molar-refractivity contribution in [1.29, 1.82) is 0 Å². The number of piperazine rings is 1. The molecule has 1 aliphatic heterocycles. The summed E-state index contributed by atoms with van der Waals surface area (Å²) in [5, 5.41) is 2.79. The van der Waals surface area contributed by atoms with Crippen LogP contribution in [0, 0.1) is 0 Å². The number of rotatable bonds is 5. The van der Waals surface area contributed by atoms with Crippen LogP contribution >= 0.6 is 0 Å². The molecule has 0 unspecified atom stereocenters. The maximum atomic E-state index is 12.3. The molecule has 126 valence electrons. The van der Waals surface area contributed by atoms with Crippen LogP contribution in [-0.4, -0.2) is 60.0 Å². The van der Waals surface area contributed by atoms with Crippen molar-refractivity contribution in [1.82, 2.24) is 20.2 Å². The van der Waals surface area contributed by atoms with E-state index in [9.17, 15) is 4.79 Å². The number of nitrogens with one attached hydrogen (secondary N) is 1. The summed E-state index contributed by atoms with van der Waals surface area (Å²) in [5.41, 5.74) is 1.30. The SMILES string of the molecule is CNC(=O)[C@H]1CN(c2cnccn2)CCN1CCc1ccccc1. The van der Waals surface area contributed by atoms with Crippen molar-refractivity contribution in [3.05, 3.63) is 54.5 Å². The topological polar surface area (TPSA) is 61.4 Å². The van der Waals surface area contributed by atoms with Gasteiger partial charge >= 0.3 is 0 Å². The fraction of sp³-hybridized carbons (Fsp3) is 0.389. The molecule has 1 saturated heterocycles. The van der Waals surface area contributed by atoms with Crippen LogP contribution in [0.3, 0.4) is 0 Å². The number of hydrogen-bond donors (Lipinski definition) is 1. The third-order valence-electron chi connectivity index (χ3n) is 4.44. The molecular formula is C18H23N5O. The van der Waals surface area contributed by atoms with Gasteiger partial charge in [0, 0.05) is 45.6 Å². The highest BCUT2D eigenvalue weighted by atomic mass is 16.2. The number of nitrogens with zero attached hydrogens (tertiary/aromatic N) is 4. The van der Waals surface area contributed by atoms with Crippen LogP contribution in [0.15, 0.2) is 48.9 Å². The molecule has 0 saturated carbocycles. The second-order valence-corrected chi connectivity index (χ2v) is 5.91. The zero-order valence-corrected chi connectivity index (χ0v) is 13.9. The Bertz CT molecular complexity index is 649. The summed E-state index contributed by atoms with van der Waals surface area (Å²) >= 11 is 0. The number of carbonyl (C=O) groups excluding carboxylic acids is 1. The van der Waals surface area contributed by atoms with Crippen molar-refractivity contribution in [3.63, 3.8) is 0 Å². The summed E-state index contributed by atoms with van der Waals surface area (Å²) in [7, 11) is 1.69. The van der Waals surface area contributed by atoms with Crippen molar-refractivity contribution in [2.75, 3.05) is 38.1 Å². The first-order valence-corrected chi connectivity index (χ1v) is 8.28. The molecule has 0 spiro atoms. The van der Waals surface area contributed by atoms with Crippen molar-refractivity contribution in [2.45, 2.75) is 12.5 Å². The molecule has 1 aromatic carbocycles. The van der Waals surface area contributed by atoms with Gasteiger partial charge in [0.2, 0.25) is 5.91 Å². The van der Waals surface area contributed by atoms with Gasteiger partial charge in [-0.15, -0.1) is 0 Å². The molecule has 1 N–H and O–H groups in total. The summed E-state index contributed by atoms with van der Waals surface area (Å²) in [6.45, 7) is 3.19. The summed E-state index contributed by atoms with van der Waals surface area (Å²) in [6, 6.07) is 10.2. The Labute approximate surface area is 142 Å². The minimum Gasteiger partial charge on any atom is -0.358 e. The number of amides is 1. The molecule has 3 rings (SSSR count). The van der Waals surface area contributed by atoms with E-state index in [1.807, 2.05) is 6.07 Å². The van der Waals surface area contributed by atoms with E-state index < -0.39 is 0 Å². The third kappa shape index (κ3) is 3.89. The van der Waals surface area contributed by atoms with Crippen LogP contribution in [0.25, 0.3) is 0 Å². The Balaban J connectivity index is 1.67. The quantitative estimate of drug-likeness (QED) is 0.887. The fourth-order valence-corrected chi connectivity index (χ4v) is 3.08. The number of hydrogen-bond acceptors (Lipinski definition) is 5. The molecule has 2 heterocycles. The fourth-order valence-electron chi connectivity index (χ4n) is 3.08. The molecule has 1 atom stereocenters. The molecule has 6 heteroatoms. The standard InChI is InChI=1S/C18H23N5O/c1-19-18(24)16-14-23(17-13-20-8-9-21-17)12-11-22(16)10-7-15-5-3-2-4-6-15/h2-6,8-9,13,16H,7,10-12,14H2,1H3,(H,19,24)/t16-/m1/s1. The molecule has 2 aromatic rings. The Kier molecular flexibility index (Phi) is 5.38. The zero-order valence-electron chi connectivity index (χ0n) is 13.9. The second kappa shape index (κ2) is 7.88. The summed E-state index contributed by atoms with van der Waals surface area (Å²) in [5.74, 6) is 0.880. The lowest BCUT2D eigenvalue weighted by molar-refractivity contribution is -0.126. The molecule has 1 aliphatic rings. The van der Waals surface area contributed by atoms with E-state index in [1.165, 1.54) is 5.56 Å². The van der Waals surface area contributed by atoms with Gasteiger partial charge in [0.05, 0.1) is 6.20 Å². The number of benzene rings is 1. The average Bonchev–Trinajstić information content (AvgIpc) is 2.67. The van der Waals surface area contributed by atoms with Gasteiger partial charge in [-0.25, -0.2) is 4.98 Å². The largest absolute Gasteiger partial charge is 0.358 e. The summed E-state index contributed by atoms with van der Waals surface area (Å²) in [4.78, 5) is 25.2. The van der Waals surface area contributed by atoms with Gasteiger partial charge < -0.3 is 10.2 Å². The van der Waals surface area contributed by atoms with Crippen LogP contribution in [0.2, 0.25) is 0 Å². The van der Waals surface area contributed by atoms with Gasteiger partial charge in [-0.3, -0.25) is 14.7 Å². The zero-order chi connectivity index (χ0) is 16.8. The predicted octanol–water partition coefficient (Wildman–Crippen LogP) is 0.956. The molecule has 0 radical (unpaired) electrons. The first-order valence-electron chi connectivity index (χ1n) is 8.28. The van der Waals surface area contributed by atoms with Gasteiger partial charge in [-0.2, -0.15) is 0 Å². The number of anilines is 1. The van der Waals surface area contributed by atoms with E-state index in [-0.39, 0.29) is 11.9 Å². The van der Waals surface area contributed by atoms with Gasteiger partial charge in [-0.1, -0.05) is 30.3 Å². The van der Waals surface area contributed by atoms with E-state index >= 15 is 0 Å². The molecule has 24 heavy (non-hydrogen) atoms. The highest BCUT2D eigenvalue weighted by Crippen LogP contribution is 2.17. The Morgan fingerprint density at radius 1 is 1.25 bits per heavy atom. The molecular weight excluding hydrogens is 302 g/mol. The Morgan fingerprint density at radius 3 is 2.79 bits per heavy atom. The lowest BCUT2D eigenvalue weighted by Gasteiger charge is -2.40. The van der Waals surface area contributed by atoms with Gasteiger partial charge in [0.25, 0.3) is 0 Å². The van der Waals surface area contributed by atoms with E-state index in [0.29, 0.717) is 6.54 Å². The maximum absolute atomic E-state index is 12.3. The van der Waals surface area contributed by atoms with E-state index in [4.69, 9.17) is 0 Å². The minimum absolute atomic E-state index is 0.0525. The number of carbonyl (C=O) groups is 1. The van der Waals surface area contributed by atoms with Crippen molar-refractivity contribution >= 4 is 11.7 Å². The lowest BCUT2D eigenvalue weighted by atomic mass is 10.1. The highest BCUT2D eigenvalue weighted by Gasteiger charge is 2.32. The van der Waals surface area contributed by atoms with Crippen molar-refractivity contribution in [3.8, 4) is 0 Å². The highest BCUT2D eigenvalue weighted by molar-refractivity contribution is 5.82. The van der Waals surface area contributed by atoms with E-state index in [0.717, 1.165) is 31.9 Å². The van der Waals surface area contributed by atoms with Gasteiger partial charge in [0.15, 0.2) is 0 Å². The maximum Gasteiger partial charge on any atom is 0.238 e. The molecule has 1 amide bonds. The molecule has 6 nitrogen and oxygen atoms in total. The van der Waals surface area contributed by atoms with Gasteiger partial charge in [-0.05, 0) is 12.0 Å². The average molecular weight is 325 g/mol. The van der Waals surface area contributed by atoms with Crippen LogP contribution in [0.1, 0.15) is 5.56 Å². The smallest absolute Gasteiger partial charge is 0.238 e. The molecule has 1 aromatic heterocycles. The summed E-state index contributed by atoms with van der Waals surface area (Å²) < 4.78 is 0. The second-order valence-electron chi connectivity index (χ2n) is 5.91. The molecule has 1 fully saturated rings. The Hall–Kier alpha value is -2.47. The predicted molar refractivity (Wildman–Crippen MR) is 93.8 cm³/mol. The van der Waals surface area contributed by atoms with Crippen molar-refractivity contribution < 1.29 is 4.79 Å². The van der Waals surface area contributed by atoms with Crippen molar-refractivity contribution in [2.24, 2.45) is 0 Å². The van der Waals surface area contributed by atoms with Crippen LogP contribution in [-0.2, 0) is 11.2 Å². The molecule has 0 aliphatic carbocycles. The minimum atomic E-state index is -0.172. The third-order valence-corrected chi connectivity index (χ3v) is 4.44. The summed E-state index contributed by atoms with van der Waals surface area (Å²) in [6.07, 6.45) is 6.04.